The molecule has 1 aromatic carbocycles. The van der Waals surface area contributed by atoms with E-state index in [1.165, 1.54) is 0 Å². The highest BCUT2D eigenvalue weighted by Gasteiger charge is 2.00. The van der Waals surface area contributed by atoms with Gasteiger partial charge in [0.15, 0.2) is 5.96 Å². The largest absolute Gasteiger partial charge is 0.370 e. The van der Waals surface area contributed by atoms with Crippen LogP contribution in [0.3, 0.4) is 0 Å². The van der Waals surface area contributed by atoms with Crippen molar-refractivity contribution in [3.05, 3.63) is 46.5 Å². The van der Waals surface area contributed by atoms with Gasteiger partial charge in [0.2, 0.25) is 0 Å². The molecule has 0 unspecified atom stereocenters. The molecule has 0 radical (unpaired) electrons. The molecule has 0 saturated carbocycles. The smallest absolute Gasteiger partial charge is 0.189 e. The van der Waals surface area contributed by atoms with Crippen molar-refractivity contribution in [2.75, 3.05) is 6.54 Å². The van der Waals surface area contributed by atoms with Crippen molar-refractivity contribution in [2.45, 2.75) is 6.54 Å². The van der Waals surface area contributed by atoms with Crippen molar-refractivity contribution < 1.29 is 0 Å². The van der Waals surface area contributed by atoms with Crippen LogP contribution in [0, 0.1) is 0 Å². The van der Waals surface area contributed by atoms with E-state index in [2.05, 4.69) is 16.9 Å². The third kappa shape index (κ3) is 6.14. The van der Waals surface area contributed by atoms with E-state index >= 15 is 0 Å². The Kier molecular flexibility index (Phi) is 8.37. The standard InChI is InChI=1S/C11H13Cl2N3.HI/c1-2-5-15-11(14)16-7-8-3-4-9(12)6-10(8)13;/h2-4,6H,1,5,7H2,(H3,14,15,16);1H. The highest BCUT2D eigenvalue weighted by atomic mass is 127. The molecular formula is C11H14Cl2IN3. The first-order valence-corrected chi connectivity index (χ1v) is 5.47. The number of hydrogen-bond acceptors (Lipinski definition) is 1. The first-order valence-electron chi connectivity index (χ1n) is 4.72. The van der Waals surface area contributed by atoms with E-state index in [1.807, 2.05) is 6.07 Å². The molecule has 0 bridgehead atoms. The number of halogens is 3. The lowest BCUT2D eigenvalue weighted by Crippen LogP contribution is -2.31. The van der Waals surface area contributed by atoms with Crippen LogP contribution in [0.5, 0.6) is 0 Å². The fourth-order valence-electron chi connectivity index (χ4n) is 1.05. The highest BCUT2D eigenvalue weighted by molar-refractivity contribution is 14.0. The Hall–Kier alpha value is -0.460. The molecular weight excluding hydrogens is 372 g/mol. The van der Waals surface area contributed by atoms with Crippen LogP contribution in [0.15, 0.2) is 35.8 Å². The highest BCUT2D eigenvalue weighted by Crippen LogP contribution is 2.21. The summed E-state index contributed by atoms with van der Waals surface area (Å²) in [5.41, 5.74) is 6.49. The van der Waals surface area contributed by atoms with Crippen LogP contribution in [0.25, 0.3) is 0 Å². The zero-order valence-electron chi connectivity index (χ0n) is 9.12. The van der Waals surface area contributed by atoms with Gasteiger partial charge in [-0.05, 0) is 17.7 Å². The number of aliphatic imine (C=N–C) groups is 1. The first kappa shape index (κ1) is 16.5. The fraction of sp³-hybridized carbons (Fsp3) is 0.182. The molecule has 0 aliphatic rings. The quantitative estimate of drug-likeness (QED) is 0.362. The van der Waals surface area contributed by atoms with Gasteiger partial charge in [0.1, 0.15) is 0 Å². The summed E-state index contributed by atoms with van der Waals surface area (Å²) in [5, 5.41) is 4.07. The number of rotatable bonds is 4. The Morgan fingerprint density at radius 2 is 2.18 bits per heavy atom. The second-order valence-electron chi connectivity index (χ2n) is 3.11. The number of nitrogens with zero attached hydrogens (tertiary/aromatic N) is 1. The minimum Gasteiger partial charge on any atom is -0.370 e. The molecule has 0 heterocycles. The van der Waals surface area contributed by atoms with Crippen molar-refractivity contribution in [3.63, 3.8) is 0 Å². The summed E-state index contributed by atoms with van der Waals surface area (Å²) in [6, 6.07) is 5.28. The minimum absolute atomic E-state index is 0. The van der Waals surface area contributed by atoms with Crippen molar-refractivity contribution in [1.82, 2.24) is 5.32 Å². The molecule has 1 aromatic rings. The van der Waals surface area contributed by atoms with Gasteiger partial charge in [0.25, 0.3) is 0 Å². The molecule has 3 N–H and O–H groups in total. The summed E-state index contributed by atoms with van der Waals surface area (Å²) in [7, 11) is 0. The molecule has 17 heavy (non-hydrogen) atoms. The molecule has 0 saturated heterocycles. The predicted molar refractivity (Wildman–Crippen MR) is 85.4 cm³/mol. The van der Waals surface area contributed by atoms with Crippen LogP contribution in [-0.2, 0) is 6.54 Å². The van der Waals surface area contributed by atoms with Crippen LogP contribution in [0.4, 0.5) is 0 Å². The lowest BCUT2D eigenvalue weighted by molar-refractivity contribution is 0.970. The number of hydrogen-bond donors (Lipinski definition) is 2. The Morgan fingerprint density at radius 1 is 1.47 bits per heavy atom. The molecule has 0 aromatic heterocycles. The van der Waals surface area contributed by atoms with Crippen molar-refractivity contribution >= 4 is 53.1 Å². The summed E-state index contributed by atoms with van der Waals surface area (Å²) >= 11 is 11.8. The Bertz CT molecular complexity index is 408. The molecule has 0 aliphatic carbocycles. The third-order valence-electron chi connectivity index (χ3n) is 1.86. The number of nitrogens with two attached hydrogens (primary N) is 1. The van der Waals surface area contributed by atoms with Crippen molar-refractivity contribution in [3.8, 4) is 0 Å². The van der Waals surface area contributed by atoms with Gasteiger partial charge in [0.05, 0.1) is 6.54 Å². The molecule has 0 amide bonds. The summed E-state index contributed by atoms with van der Waals surface area (Å²) in [6.07, 6.45) is 1.71. The number of benzene rings is 1. The Morgan fingerprint density at radius 3 is 2.76 bits per heavy atom. The number of nitrogens with one attached hydrogen (secondary N) is 1. The van der Waals surface area contributed by atoms with E-state index in [9.17, 15) is 0 Å². The van der Waals surface area contributed by atoms with Crippen LogP contribution in [0.1, 0.15) is 5.56 Å². The van der Waals surface area contributed by atoms with Gasteiger partial charge in [-0.3, -0.25) is 0 Å². The molecule has 0 aliphatic heterocycles. The summed E-state index contributed by atoms with van der Waals surface area (Å²) < 4.78 is 0. The van der Waals surface area contributed by atoms with Crippen molar-refractivity contribution in [2.24, 2.45) is 10.7 Å². The first-order chi connectivity index (χ1) is 7.63. The zero-order valence-corrected chi connectivity index (χ0v) is 13.0. The van der Waals surface area contributed by atoms with Gasteiger partial charge in [-0.2, -0.15) is 0 Å². The van der Waals surface area contributed by atoms with Gasteiger partial charge in [-0.15, -0.1) is 30.6 Å². The van der Waals surface area contributed by atoms with E-state index in [1.54, 1.807) is 18.2 Å². The van der Waals surface area contributed by atoms with Gasteiger partial charge in [0, 0.05) is 16.6 Å². The normalized spacial score (nSPS) is 10.6. The average Bonchev–Trinajstić information content (AvgIpc) is 2.25. The maximum Gasteiger partial charge on any atom is 0.189 e. The predicted octanol–water partition coefficient (Wildman–Crippen LogP) is 3.20. The molecule has 1 rings (SSSR count). The van der Waals surface area contributed by atoms with E-state index in [0.29, 0.717) is 29.1 Å². The second-order valence-corrected chi connectivity index (χ2v) is 3.95. The SMILES string of the molecule is C=CCNC(N)=NCc1ccc(Cl)cc1Cl.I. The van der Waals surface area contributed by atoms with Gasteiger partial charge in [-0.1, -0.05) is 35.3 Å². The Labute approximate surface area is 128 Å². The third-order valence-corrected chi connectivity index (χ3v) is 2.45. The fourth-order valence-corrected chi connectivity index (χ4v) is 1.52. The van der Waals surface area contributed by atoms with Crippen LogP contribution in [-0.4, -0.2) is 12.5 Å². The molecule has 3 nitrogen and oxygen atoms in total. The molecule has 6 heteroatoms. The zero-order chi connectivity index (χ0) is 12.0. The molecule has 0 atom stereocenters. The lowest BCUT2D eigenvalue weighted by atomic mass is 10.2. The van der Waals surface area contributed by atoms with Crippen LogP contribution >= 0.6 is 47.2 Å². The van der Waals surface area contributed by atoms with Crippen LogP contribution < -0.4 is 11.1 Å². The Balaban J connectivity index is 0.00000256. The van der Waals surface area contributed by atoms with E-state index in [0.717, 1.165) is 5.56 Å². The monoisotopic (exact) mass is 385 g/mol. The van der Waals surface area contributed by atoms with Gasteiger partial charge in [-0.25, -0.2) is 4.99 Å². The molecule has 94 valence electrons. The second kappa shape index (κ2) is 8.60. The summed E-state index contributed by atoms with van der Waals surface area (Å²) in [5.74, 6) is 0.367. The summed E-state index contributed by atoms with van der Waals surface area (Å²) in [4.78, 5) is 4.13. The van der Waals surface area contributed by atoms with Crippen molar-refractivity contribution in [1.29, 1.82) is 0 Å². The average molecular weight is 386 g/mol. The minimum atomic E-state index is 0. The molecule has 0 spiro atoms. The van der Waals surface area contributed by atoms with E-state index in [4.69, 9.17) is 28.9 Å². The maximum atomic E-state index is 5.99. The maximum absolute atomic E-state index is 5.99. The van der Waals surface area contributed by atoms with Crippen LogP contribution in [0.2, 0.25) is 10.0 Å². The lowest BCUT2D eigenvalue weighted by Gasteiger charge is -2.04. The van der Waals surface area contributed by atoms with Gasteiger partial charge >= 0.3 is 0 Å². The van der Waals surface area contributed by atoms with E-state index in [-0.39, 0.29) is 24.0 Å². The molecule has 0 fully saturated rings. The van der Waals surface area contributed by atoms with E-state index < -0.39 is 0 Å². The van der Waals surface area contributed by atoms with Gasteiger partial charge < -0.3 is 11.1 Å². The topological polar surface area (TPSA) is 50.4 Å². The number of guanidine groups is 1. The summed E-state index contributed by atoms with van der Waals surface area (Å²) in [6.45, 7) is 4.58.